The Bertz CT molecular complexity index is 1440. The van der Waals surface area contributed by atoms with Crippen LogP contribution in [0.5, 0.6) is 11.5 Å². The van der Waals surface area contributed by atoms with E-state index in [2.05, 4.69) is 5.32 Å². The number of amides is 1. The van der Waals surface area contributed by atoms with Crippen molar-refractivity contribution in [3.8, 4) is 11.5 Å². The first-order valence-corrected chi connectivity index (χ1v) is 12.3. The van der Waals surface area contributed by atoms with Crippen molar-refractivity contribution in [1.82, 2.24) is 0 Å². The molecule has 0 bridgehead atoms. The molecule has 6 nitrogen and oxygen atoms in total. The lowest BCUT2D eigenvalue weighted by Crippen LogP contribution is -2.38. The highest BCUT2D eigenvalue weighted by Crippen LogP contribution is 2.28. The molecule has 9 heteroatoms. The first kappa shape index (κ1) is 24.9. The molecule has 0 aliphatic heterocycles. The molecule has 0 spiro atoms. The third kappa shape index (κ3) is 5.69. The van der Waals surface area contributed by atoms with E-state index in [4.69, 9.17) is 4.74 Å². The van der Waals surface area contributed by atoms with E-state index in [0.717, 1.165) is 28.1 Å². The number of nitrogens with zero attached hydrogens (tertiary/aromatic N) is 1. The number of halogens is 2. The molecule has 0 atom stereocenters. The first-order valence-electron chi connectivity index (χ1n) is 10.9. The lowest BCUT2D eigenvalue weighted by atomic mass is 10.2. The molecule has 0 saturated heterocycles. The maximum Gasteiger partial charge on any atom is 0.264 e. The SMILES string of the molecule is Cc1ccc(S(=O)(=O)N(CC(=O)Nc2c(F)cccc2F)c2ccc(Oc3ccccc3)cc2)cc1. The van der Waals surface area contributed by atoms with E-state index in [-0.39, 0.29) is 10.6 Å². The molecule has 0 fully saturated rings. The number of carbonyl (C=O) groups excluding carboxylic acids is 1. The molecule has 4 aromatic carbocycles. The number of sulfonamides is 1. The van der Waals surface area contributed by atoms with Gasteiger partial charge in [0, 0.05) is 0 Å². The Balaban J connectivity index is 1.65. The molecule has 1 amide bonds. The molecule has 0 radical (unpaired) electrons. The number of benzene rings is 4. The zero-order chi connectivity index (χ0) is 25.7. The van der Waals surface area contributed by atoms with Gasteiger partial charge in [-0.05, 0) is 67.6 Å². The normalized spacial score (nSPS) is 11.1. The molecular formula is C27H22F2N2O4S. The van der Waals surface area contributed by atoms with Crippen molar-refractivity contribution in [1.29, 1.82) is 0 Å². The number of ether oxygens (including phenoxy) is 1. The van der Waals surface area contributed by atoms with Gasteiger partial charge in [0.2, 0.25) is 5.91 Å². The minimum absolute atomic E-state index is 0.0393. The summed E-state index contributed by atoms with van der Waals surface area (Å²) in [4.78, 5) is 12.7. The van der Waals surface area contributed by atoms with Gasteiger partial charge in [-0.15, -0.1) is 0 Å². The highest BCUT2D eigenvalue weighted by molar-refractivity contribution is 7.92. The van der Waals surface area contributed by atoms with Crippen LogP contribution in [-0.4, -0.2) is 20.9 Å². The van der Waals surface area contributed by atoms with Crippen molar-refractivity contribution in [3.63, 3.8) is 0 Å². The lowest BCUT2D eigenvalue weighted by molar-refractivity contribution is -0.114. The average Bonchev–Trinajstić information content (AvgIpc) is 2.86. The molecule has 184 valence electrons. The topological polar surface area (TPSA) is 75.7 Å². The first-order chi connectivity index (χ1) is 17.2. The van der Waals surface area contributed by atoms with Crippen LogP contribution in [0.25, 0.3) is 0 Å². The summed E-state index contributed by atoms with van der Waals surface area (Å²) < 4.78 is 61.7. The number of para-hydroxylation sites is 2. The zero-order valence-electron chi connectivity index (χ0n) is 19.2. The molecule has 0 unspecified atom stereocenters. The van der Waals surface area contributed by atoms with E-state index in [0.29, 0.717) is 11.5 Å². The molecule has 0 saturated carbocycles. The highest BCUT2D eigenvalue weighted by Gasteiger charge is 2.28. The van der Waals surface area contributed by atoms with Crippen LogP contribution in [-0.2, 0) is 14.8 Å². The maximum atomic E-state index is 14.0. The van der Waals surface area contributed by atoms with Gasteiger partial charge < -0.3 is 10.1 Å². The van der Waals surface area contributed by atoms with Crippen molar-refractivity contribution in [2.24, 2.45) is 0 Å². The van der Waals surface area contributed by atoms with E-state index in [1.807, 2.05) is 25.1 Å². The van der Waals surface area contributed by atoms with Gasteiger partial charge in [0.25, 0.3) is 10.0 Å². The predicted molar refractivity (Wildman–Crippen MR) is 134 cm³/mol. The highest BCUT2D eigenvalue weighted by atomic mass is 32.2. The van der Waals surface area contributed by atoms with Crippen LogP contribution in [0.1, 0.15) is 5.56 Å². The maximum absolute atomic E-state index is 14.0. The number of aryl methyl sites for hydroxylation is 1. The van der Waals surface area contributed by atoms with Crippen molar-refractivity contribution < 1.29 is 26.7 Å². The largest absolute Gasteiger partial charge is 0.457 e. The predicted octanol–water partition coefficient (Wildman–Crippen LogP) is 5.90. The van der Waals surface area contributed by atoms with Gasteiger partial charge in [-0.2, -0.15) is 0 Å². The van der Waals surface area contributed by atoms with E-state index >= 15 is 0 Å². The van der Waals surface area contributed by atoms with Crippen molar-refractivity contribution in [3.05, 3.63) is 114 Å². The number of anilines is 2. The van der Waals surface area contributed by atoms with Crippen LogP contribution < -0.4 is 14.4 Å². The lowest BCUT2D eigenvalue weighted by Gasteiger charge is -2.24. The molecular weight excluding hydrogens is 486 g/mol. The average molecular weight is 509 g/mol. The van der Waals surface area contributed by atoms with E-state index in [1.165, 1.54) is 24.3 Å². The van der Waals surface area contributed by atoms with Crippen molar-refractivity contribution in [2.75, 3.05) is 16.2 Å². The molecule has 1 N–H and O–H groups in total. The fraction of sp³-hybridized carbons (Fsp3) is 0.0741. The Morgan fingerprint density at radius 3 is 2.00 bits per heavy atom. The third-order valence-corrected chi connectivity index (χ3v) is 7.02. The zero-order valence-corrected chi connectivity index (χ0v) is 20.0. The summed E-state index contributed by atoms with van der Waals surface area (Å²) >= 11 is 0. The standard InChI is InChI=1S/C27H22F2N2O4S/c1-19-10-16-23(17-11-19)36(33,34)31(18-26(32)30-27-24(28)8-5-9-25(27)29)20-12-14-22(15-13-20)35-21-6-3-2-4-7-21/h2-17H,18H2,1H3,(H,30,32). The summed E-state index contributed by atoms with van der Waals surface area (Å²) in [6, 6.07) is 24.4. The minimum Gasteiger partial charge on any atom is -0.457 e. The Morgan fingerprint density at radius 1 is 0.806 bits per heavy atom. The van der Waals surface area contributed by atoms with Gasteiger partial charge in [-0.1, -0.05) is 42.0 Å². The monoisotopic (exact) mass is 508 g/mol. The Labute approximate surface area is 207 Å². The number of nitrogens with one attached hydrogen (secondary N) is 1. The summed E-state index contributed by atoms with van der Waals surface area (Å²) in [5, 5.41) is 2.14. The van der Waals surface area contributed by atoms with Crippen LogP contribution in [0, 0.1) is 18.6 Å². The second kappa shape index (κ2) is 10.6. The fourth-order valence-corrected chi connectivity index (χ4v) is 4.81. The van der Waals surface area contributed by atoms with Crippen molar-refractivity contribution in [2.45, 2.75) is 11.8 Å². The number of hydrogen-bond donors (Lipinski definition) is 1. The number of hydrogen-bond acceptors (Lipinski definition) is 4. The molecule has 0 aromatic heterocycles. The Hall–Kier alpha value is -4.24. The van der Waals surface area contributed by atoms with E-state index in [9.17, 15) is 22.0 Å². The summed E-state index contributed by atoms with van der Waals surface area (Å²) in [5.41, 5.74) is 0.373. The van der Waals surface area contributed by atoms with Crippen LogP contribution >= 0.6 is 0 Å². The van der Waals surface area contributed by atoms with Crippen LogP contribution in [0.3, 0.4) is 0 Å². The third-order valence-electron chi connectivity index (χ3n) is 5.23. The molecule has 36 heavy (non-hydrogen) atoms. The van der Waals surface area contributed by atoms with Gasteiger partial charge in [-0.3, -0.25) is 9.10 Å². The molecule has 4 rings (SSSR count). The van der Waals surface area contributed by atoms with Gasteiger partial charge in [-0.25, -0.2) is 17.2 Å². The van der Waals surface area contributed by atoms with Crippen LogP contribution in [0.15, 0.2) is 102 Å². The van der Waals surface area contributed by atoms with E-state index < -0.39 is 39.8 Å². The summed E-state index contributed by atoms with van der Waals surface area (Å²) in [5.74, 6) is -1.81. The molecule has 4 aromatic rings. The minimum atomic E-state index is -4.21. The van der Waals surface area contributed by atoms with Crippen LogP contribution in [0.2, 0.25) is 0 Å². The summed E-state index contributed by atoms with van der Waals surface area (Å²) in [6.07, 6.45) is 0. The number of rotatable bonds is 8. The van der Waals surface area contributed by atoms with Gasteiger partial charge in [0.05, 0.1) is 10.6 Å². The molecule has 0 aliphatic carbocycles. The fourth-order valence-electron chi connectivity index (χ4n) is 3.38. The van der Waals surface area contributed by atoms with Gasteiger partial charge in [0.15, 0.2) is 0 Å². The molecule has 0 heterocycles. The second-order valence-corrected chi connectivity index (χ2v) is 9.74. The van der Waals surface area contributed by atoms with Crippen LogP contribution in [0.4, 0.5) is 20.2 Å². The van der Waals surface area contributed by atoms with Gasteiger partial charge in [0.1, 0.15) is 35.4 Å². The second-order valence-electron chi connectivity index (χ2n) is 7.88. The quantitative estimate of drug-likeness (QED) is 0.322. The van der Waals surface area contributed by atoms with Crippen molar-refractivity contribution >= 4 is 27.3 Å². The number of carbonyl (C=O) groups is 1. The Morgan fingerprint density at radius 2 is 1.39 bits per heavy atom. The Kier molecular flexibility index (Phi) is 7.30. The van der Waals surface area contributed by atoms with Gasteiger partial charge >= 0.3 is 0 Å². The smallest absolute Gasteiger partial charge is 0.264 e. The molecule has 0 aliphatic rings. The van der Waals surface area contributed by atoms with E-state index in [1.54, 1.807) is 36.4 Å². The summed E-state index contributed by atoms with van der Waals surface area (Å²) in [6.45, 7) is 1.10. The summed E-state index contributed by atoms with van der Waals surface area (Å²) in [7, 11) is -4.21.